The molecule has 0 saturated carbocycles. The summed E-state index contributed by atoms with van der Waals surface area (Å²) in [6.45, 7) is 16.4. The summed E-state index contributed by atoms with van der Waals surface area (Å²) in [5.41, 5.74) is 0.305. The van der Waals surface area contributed by atoms with Gasteiger partial charge in [0.1, 0.15) is 24.0 Å². The van der Waals surface area contributed by atoms with E-state index in [2.05, 4.69) is 6.58 Å². The maximum absolute atomic E-state index is 14.2. The highest BCUT2D eigenvalue weighted by molar-refractivity contribution is 6.02. The summed E-state index contributed by atoms with van der Waals surface area (Å²) in [5.74, 6) is -0.385. The van der Waals surface area contributed by atoms with E-state index in [-0.39, 0.29) is 42.8 Å². The lowest BCUT2D eigenvalue weighted by atomic mass is 9.79. The van der Waals surface area contributed by atoms with Crippen molar-refractivity contribution in [2.24, 2.45) is 11.8 Å². The zero-order valence-electron chi connectivity index (χ0n) is 25.1. The van der Waals surface area contributed by atoms with Crippen LogP contribution in [0.25, 0.3) is 0 Å². The van der Waals surface area contributed by atoms with Gasteiger partial charge < -0.3 is 23.8 Å². The van der Waals surface area contributed by atoms with Crippen molar-refractivity contribution in [2.75, 3.05) is 38.5 Å². The predicted octanol–water partition coefficient (Wildman–Crippen LogP) is 5.92. The molecule has 1 saturated heterocycles. The zero-order valence-corrected chi connectivity index (χ0v) is 25.1. The monoisotopic (exact) mass is 558 g/mol. The van der Waals surface area contributed by atoms with E-state index < -0.39 is 23.3 Å². The Kier molecular flexibility index (Phi) is 10.4. The van der Waals surface area contributed by atoms with Gasteiger partial charge in [0, 0.05) is 32.5 Å². The number of methoxy groups -OCH3 is 1. The standard InChI is InChI=1S/C31H46N2O7/c1-9-21-19-32(28(35)39-30(2,3)4)16-14-22(21)18-26(34)27-24(15-17-38-20-37-8)23-12-10-11-13-25(23)33(27)29(36)40-31(5,6)7/h9-13,21-22,24,27H,1,14-20H2,2-8H3/t21-,22-,24?,27?/m1/s1. The molecule has 2 aliphatic rings. The summed E-state index contributed by atoms with van der Waals surface area (Å²) in [6.07, 6.45) is 2.35. The highest BCUT2D eigenvalue weighted by Gasteiger charge is 2.47. The minimum Gasteiger partial charge on any atom is -0.444 e. The van der Waals surface area contributed by atoms with Crippen molar-refractivity contribution in [3.05, 3.63) is 42.5 Å². The van der Waals surface area contributed by atoms with E-state index in [0.29, 0.717) is 38.2 Å². The van der Waals surface area contributed by atoms with E-state index in [9.17, 15) is 14.4 Å². The number of para-hydroxylation sites is 1. The number of Topliss-reactive ketones (excluding diaryl/α,β-unsaturated/α-hetero) is 1. The Hall–Kier alpha value is -2.91. The first-order valence-electron chi connectivity index (χ1n) is 14.1. The zero-order chi connectivity index (χ0) is 29.7. The maximum Gasteiger partial charge on any atom is 0.415 e. The molecule has 0 N–H and O–H groups in total. The molecule has 1 fully saturated rings. The quantitative estimate of drug-likeness (QED) is 0.211. The summed E-state index contributed by atoms with van der Waals surface area (Å²) in [5, 5.41) is 0. The number of ether oxygens (including phenoxy) is 4. The first kappa shape index (κ1) is 31.6. The molecule has 0 aromatic heterocycles. The largest absolute Gasteiger partial charge is 0.444 e. The fourth-order valence-electron chi connectivity index (χ4n) is 5.50. The second kappa shape index (κ2) is 13.2. The van der Waals surface area contributed by atoms with E-state index in [0.717, 1.165) is 5.56 Å². The van der Waals surface area contributed by atoms with Crippen LogP contribution in [0.4, 0.5) is 15.3 Å². The fourth-order valence-corrected chi connectivity index (χ4v) is 5.50. The molecule has 222 valence electrons. The number of carbonyl (C=O) groups excluding carboxylic acids is 3. The Morgan fingerprint density at radius 2 is 1.68 bits per heavy atom. The van der Waals surface area contributed by atoms with Gasteiger partial charge in [-0.1, -0.05) is 24.3 Å². The molecule has 2 aliphatic heterocycles. The number of carbonyl (C=O) groups is 3. The van der Waals surface area contributed by atoms with Crippen LogP contribution in [0.1, 0.15) is 72.3 Å². The number of amides is 2. The van der Waals surface area contributed by atoms with Crippen LogP contribution in [0.2, 0.25) is 0 Å². The lowest BCUT2D eigenvalue weighted by Gasteiger charge is -2.38. The van der Waals surface area contributed by atoms with Gasteiger partial charge in [-0.3, -0.25) is 9.69 Å². The fraction of sp³-hybridized carbons (Fsp3) is 0.645. The molecule has 40 heavy (non-hydrogen) atoms. The molecule has 0 aliphatic carbocycles. The molecule has 9 heteroatoms. The Bertz CT molecular complexity index is 1060. The summed E-state index contributed by atoms with van der Waals surface area (Å²) < 4.78 is 21.9. The van der Waals surface area contributed by atoms with Crippen LogP contribution >= 0.6 is 0 Å². The van der Waals surface area contributed by atoms with E-state index in [1.165, 1.54) is 4.90 Å². The van der Waals surface area contributed by atoms with Crippen molar-refractivity contribution >= 4 is 23.7 Å². The molecule has 4 atom stereocenters. The van der Waals surface area contributed by atoms with Gasteiger partial charge in [-0.2, -0.15) is 0 Å². The molecular formula is C31H46N2O7. The van der Waals surface area contributed by atoms with Crippen LogP contribution in [0.5, 0.6) is 0 Å². The van der Waals surface area contributed by atoms with E-state index in [1.54, 1.807) is 12.0 Å². The summed E-state index contributed by atoms with van der Waals surface area (Å²) >= 11 is 0. The molecule has 3 rings (SSSR count). The van der Waals surface area contributed by atoms with Crippen LogP contribution in [-0.2, 0) is 23.7 Å². The molecule has 9 nitrogen and oxygen atoms in total. The van der Waals surface area contributed by atoms with Gasteiger partial charge in [0.2, 0.25) is 0 Å². The molecule has 1 aromatic rings. The number of hydrogen-bond donors (Lipinski definition) is 0. The Balaban J connectivity index is 1.85. The normalized spacial score (nSPS) is 23.0. The van der Waals surface area contributed by atoms with Crippen molar-refractivity contribution < 1.29 is 33.3 Å². The van der Waals surface area contributed by atoms with Crippen molar-refractivity contribution in [1.29, 1.82) is 0 Å². The minimum absolute atomic E-state index is 0.0155. The first-order valence-corrected chi connectivity index (χ1v) is 14.1. The topological polar surface area (TPSA) is 94.6 Å². The first-order chi connectivity index (χ1) is 18.8. The lowest BCUT2D eigenvalue weighted by Crippen LogP contribution is -2.49. The SMILES string of the molecule is C=C[C@@H]1CN(C(=O)OC(C)(C)C)CC[C@@H]1CC(=O)C1C(CCOCOC)c2ccccc2N1C(=O)OC(C)(C)C. The highest BCUT2D eigenvalue weighted by atomic mass is 16.7. The molecule has 2 heterocycles. The molecule has 1 aromatic carbocycles. The maximum atomic E-state index is 14.2. The van der Waals surface area contributed by atoms with Crippen molar-refractivity contribution in [3.63, 3.8) is 0 Å². The van der Waals surface area contributed by atoms with Crippen LogP contribution in [0.15, 0.2) is 36.9 Å². The third kappa shape index (κ3) is 8.07. The van der Waals surface area contributed by atoms with Gasteiger partial charge in [-0.15, -0.1) is 6.58 Å². The van der Waals surface area contributed by atoms with Gasteiger partial charge >= 0.3 is 12.2 Å². The molecule has 2 amide bonds. The van der Waals surface area contributed by atoms with Crippen molar-refractivity contribution in [2.45, 2.75) is 84.0 Å². The molecular weight excluding hydrogens is 512 g/mol. The number of piperidine rings is 1. The van der Waals surface area contributed by atoms with Crippen molar-refractivity contribution in [1.82, 2.24) is 4.90 Å². The number of ketones is 1. The van der Waals surface area contributed by atoms with E-state index >= 15 is 0 Å². The van der Waals surface area contributed by atoms with E-state index in [4.69, 9.17) is 18.9 Å². The number of fused-ring (bicyclic) bond motifs is 1. The minimum atomic E-state index is -0.729. The summed E-state index contributed by atoms with van der Waals surface area (Å²) in [4.78, 5) is 43.6. The van der Waals surface area contributed by atoms with Gasteiger partial charge in [-0.25, -0.2) is 9.59 Å². The highest BCUT2D eigenvalue weighted by Crippen LogP contribution is 2.45. The average Bonchev–Trinajstić information content (AvgIpc) is 3.19. The third-order valence-electron chi connectivity index (χ3n) is 7.17. The number of hydrogen-bond acceptors (Lipinski definition) is 7. The Labute approximate surface area is 238 Å². The van der Waals surface area contributed by atoms with Crippen LogP contribution in [0.3, 0.4) is 0 Å². The van der Waals surface area contributed by atoms with Gasteiger partial charge in [0.15, 0.2) is 5.78 Å². The Morgan fingerprint density at radius 1 is 1.02 bits per heavy atom. The van der Waals surface area contributed by atoms with Crippen LogP contribution in [0, 0.1) is 11.8 Å². The average molecular weight is 559 g/mol. The number of anilines is 1. The van der Waals surface area contributed by atoms with E-state index in [1.807, 2.05) is 71.9 Å². The number of likely N-dealkylation sites (tertiary alicyclic amines) is 1. The van der Waals surface area contributed by atoms with Crippen molar-refractivity contribution in [3.8, 4) is 0 Å². The Morgan fingerprint density at radius 3 is 2.30 bits per heavy atom. The summed E-state index contributed by atoms with van der Waals surface area (Å²) in [6, 6.07) is 6.88. The molecule has 0 radical (unpaired) electrons. The van der Waals surface area contributed by atoms with Gasteiger partial charge in [0.05, 0.1) is 12.3 Å². The smallest absolute Gasteiger partial charge is 0.415 e. The molecule has 0 spiro atoms. The lowest BCUT2D eigenvalue weighted by molar-refractivity contribution is -0.122. The second-order valence-electron chi connectivity index (χ2n) is 12.6. The predicted molar refractivity (Wildman–Crippen MR) is 153 cm³/mol. The van der Waals surface area contributed by atoms with Gasteiger partial charge in [0.25, 0.3) is 0 Å². The number of rotatable bonds is 9. The van der Waals surface area contributed by atoms with Gasteiger partial charge in [-0.05, 0) is 77.8 Å². The molecule has 0 bridgehead atoms. The van der Waals surface area contributed by atoms with Crippen LogP contribution in [-0.4, -0.2) is 73.7 Å². The number of benzene rings is 1. The molecule has 2 unspecified atom stereocenters. The number of nitrogens with zero attached hydrogens (tertiary/aromatic N) is 2. The third-order valence-corrected chi connectivity index (χ3v) is 7.17. The second-order valence-corrected chi connectivity index (χ2v) is 12.6. The van der Waals surface area contributed by atoms with Crippen LogP contribution < -0.4 is 4.90 Å². The summed E-state index contributed by atoms with van der Waals surface area (Å²) in [7, 11) is 1.56.